The molecule has 0 radical (unpaired) electrons. The van der Waals surface area contributed by atoms with Crippen LogP contribution >= 0.6 is 0 Å². The Morgan fingerprint density at radius 1 is 1.13 bits per heavy atom. The van der Waals surface area contributed by atoms with Crippen molar-refractivity contribution >= 4 is 17.9 Å². The summed E-state index contributed by atoms with van der Waals surface area (Å²) in [7, 11) is 0. The number of carbonyl (C=O) groups excluding carboxylic acids is 3. The maximum Gasteiger partial charge on any atom is 0.234 e. The minimum atomic E-state index is -0.0640. The maximum absolute atomic E-state index is 11.2. The van der Waals surface area contributed by atoms with E-state index in [1.165, 1.54) is 11.0 Å². The number of unbranched alkanes of at least 4 members (excludes halogenated alkanes) is 2. The number of hydrogen-bond acceptors (Lipinski definition) is 4. The first kappa shape index (κ1) is 11.6. The normalized spacial score (nSPS) is 15.6. The fourth-order valence-electron chi connectivity index (χ4n) is 1.56. The van der Waals surface area contributed by atoms with Crippen LogP contribution in [0.5, 0.6) is 0 Å². The molecule has 5 heteroatoms. The molecule has 0 spiro atoms. The molecule has 0 unspecified atom stereocenters. The fourth-order valence-corrected chi connectivity index (χ4v) is 1.56. The number of imide groups is 1. The number of likely N-dealkylation sites (tertiary alicyclic amines) is 1. The van der Waals surface area contributed by atoms with Gasteiger partial charge in [-0.15, -0.1) is 0 Å². The van der Waals surface area contributed by atoms with E-state index in [1.807, 2.05) is 0 Å². The molecule has 1 saturated heterocycles. The first-order chi connectivity index (χ1) is 7.25. The average Bonchev–Trinajstić information content (AvgIpc) is 2.54. The molecule has 1 rings (SSSR count). The molecule has 2 amide bonds. The lowest BCUT2D eigenvalue weighted by Crippen LogP contribution is -2.29. The molecule has 0 bridgehead atoms. The van der Waals surface area contributed by atoms with Gasteiger partial charge in [-0.2, -0.15) is 0 Å². The highest BCUT2D eigenvalue weighted by atomic mass is 16.2. The summed E-state index contributed by atoms with van der Waals surface area (Å²) >= 11 is 0. The van der Waals surface area contributed by atoms with Gasteiger partial charge in [0.25, 0.3) is 0 Å². The van der Waals surface area contributed by atoms with E-state index in [4.69, 9.17) is 0 Å². The van der Waals surface area contributed by atoms with Gasteiger partial charge in [-0.3, -0.25) is 14.5 Å². The third-order valence-electron chi connectivity index (χ3n) is 2.37. The molecule has 1 aliphatic rings. The highest BCUT2D eigenvalue weighted by Gasteiger charge is 2.27. The van der Waals surface area contributed by atoms with Crippen molar-refractivity contribution in [2.45, 2.75) is 32.1 Å². The lowest BCUT2D eigenvalue weighted by Gasteiger charge is -2.12. The molecule has 0 aromatic heterocycles. The number of carbonyl (C=O) groups is 2. The highest BCUT2D eigenvalue weighted by Crippen LogP contribution is 2.12. The summed E-state index contributed by atoms with van der Waals surface area (Å²) < 4.78 is 0. The zero-order valence-electron chi connectivity index (χ0n) is 8.57. The summed E-state index contributed by atoms with van der Waals surface area (Å²) in [6.45, 7) is 0.980. The quantitative estimate of drug-likeness (QED) is 0.279. The van der Waals surface area contributed by atoms with Crippen molar-refractivity contribution in [2.75, 3.05) is 13.1 Å². The van der Waals surface area contributed by atoms with E-state index in [1.54, 1.807) is 0 Å². The van der Waals surface area contributed by atoms with E-state index in [-0.39, 0.29) is 11.8 Å². The standard InChI is InChI=1S/C10H14N2O3/c13-8-11-6-2-1-3-7-12-9(14)4-5-10(12)15/h1-7H2. The number of nitrogens with zero attached hydrogens (tertiary/aromatic N) is 2. The van der Waals surface area contributed by atoms with Crippen molar-refractivity contribution in [1.29, 1.82) is 0 Å². The van der Waals surface area contributed by atoms with Gasteiger partial charge in [0.2, 0.25) is 17.9 Å². The van der Waals surface area contributed by atoms with Gasteiger partial charge < -0.3 is 0 Å². The second-order valence-corrected chi connectivity index (χ2v) is 3.47. The monoisotopic (exact) mass is 210 g/mol. The molecule has 0 aromatic rings. The number of amides is 2. The van der Waals surface area contributed by atoms with E-state index >= 15 is 0 Å². The van der Waals surface area contributed by atoms with Crippen LogP contribution in [0.25, 0.3) is 0 Å². The molecule has 1 heterocycles. The maximum atomic E-state index is 11.2. The molecular weight excluding hydrogens is 196 g/mol. The van der Waals surface area contributed by atoms with Crippen LogP contribution in [0.15, 0.2) is 4.99 Å². The fraction of sp³-hybridized carbons (Fsp3) is 0.700. The zero-order chi connectivity index (χ0) is 11.1. The van der Waals surface area contributed by atoms with E-state index in [2.05, 4.69) is 4.99 Å². The summed E-state index contributed by atoms with van der Waals surface area (Å²) in [5.74, 6) is -0.128. The van der Waals surface area contributed by atoms with Gasteiger partial charge in [0, 0.05) is 19.4 Å². The Hall–Kier alpha value is -1.48. The van der Waals surface area contributed by atoms with Gasteiger partial charge in [0.15, 0.2) is 0 Å². The van der Waals surface area contributed by atoms with Crippen molar-refractivity contribution < 1.29 is 14.4 Å². The Balaban J connectivity index is 2.11. The van der Waals surface area contributed by atoms with Crippen LogP contribution < -0.4 is 0 Å². The molecular formula is C10H14N2O3. The number of hydrogen-bond donors (Lipinski definition) is 0. The highest BCUT2D eigenvalue weighted by molar-refractivity contribution is 6.01. The third-order valence-corrected chi connectivity index (χ3v) is 2.37. The molecule has 82 valence electrons. The van der Waals surface area contributed by atoms with E-state index < -0.39 is 0 Å². The smallest absolute Gasteiger partial charge is 0.234 e. The first-order valence-corrected chi connectivity index (χ1v) is 5.12. The van der Waals surface area contributed by atoms with Crippen molar-refractivity contribution in [3.8, 4) is 0 Å². The molecule has 1 fully saturated rings. The average molecular weight is 210 g/mol. The van der Waals surface area contributed by atoms with Crippen molar-refractivity contribution in [3.63, 3.8) is 0 Å². The molecule has 15 heavy (non-hydrogen) atoms. The molecule has 0 aliphatic carbocycles. The number of aliphatic imine (C=N–C) groups is 1. The van der Waals surface area contributed by atoms with Crippen LogP contribution in [0.2, 0.25) is 0 Å². The lowest BCUT2D eigenvalue weighted by atomic mass is 10.2. The van der Waals surface area contributed by atoms with E-state index in [0.717, 1.165) is 19.3 Å². The Morgan fingerprint density at radius 3 is 2.40 bits per heavy atom. The van der Waals surface area contributed by atoms with Crippen LogP contribution in [0, 0.1) is 0 Å². The van der Waals surface area contributed by atoms with Gasteiger partial charge >= 0.3 is 0 Å². The number of rotatable bonds is 6. The SMILES string of the molecule is O=C=NCCCCCN1C(=O)CCC1=O. The summed E-state index contributed by atoms with van der Waals surface area (Å²) in [6, 6.07) is 0. The van der Waals surface area contributed by atoms with Gasteiger partial charge in [-0.25, -0.2) is 9.79 Å². The molecule has 5 nitrogen and oxygen atoms in total. The van der Waals surface area contributed by atoms with Gasteiger partial charge in [-0.05, 0) is 19.3 Å². The van der Waals surface area contributed by atoms with Crippen LogP contribution in [0.4, 0.5) is 0 Å². The van der Waals surface area contributed by atoms with Crippen LogP contribution in [0.3, 0.4) is 0 Å². The summed E-state index contributed by atoms with van der Waals surface area (Å²) in [4.78, 5) is 36.9. The Kier molecular flexibility index (Phi) is 4.71. The Labute approximate surface area is 88.2 Å². The van der Waals surface area contributed by atoms with Crippen molar-refractivity contribution in [2.24, 2.45) is 4.99 Å². The van der Waals surface area contributed by atoms with Crippen LogP contribution in [-0.4, -0.2) is 35.9 Å². The van der Waals surface area contributed by atoms with Gasteiger partial charge in [0.05, 0.1) is 6.54 Å². The number of isocyanates is 1. The molecule has 0 saturated carbocycles. The largest absolute Gasteiger partial charge is 0.283 e. The predicted octanol–water partition coefficient (Wildman–Crippen LogP) is 0.641. The predicted molar refractivity (Wildman–Crippen MR) is 52.8 cm³/mol. The molecule has 1 aliphatic heterocycles. The van der Waals surface area contributed by atoms with Gasteiger partial charge in [0.1, 0.15) is 0 Å². The van der Waals surface area contributed by atoms with E-state index in [0.29, 0.717) is 25.9 Å². The minimum absolute atomic E-state index is 0.0640. The van der Waals surface area contributed by atoms with Crippen LogP contribution in [0.1, 0.15) is 32.1 Å². The van der Waals surface area contributed by atoms with Crippen molar-refractivity contribution in [1.82, 2.24) is 4.90 Å². The minimum Gasteiger partial charge on any atom is -0.283 e. The van der Waals surface area contributed by atoms with Crippen molar-refractivity contribution in [3.05, 3.63) is 0 Å². The second kappa shape index (κ2) is 6.09. The molecule has 0 N–H and O–H groups in total. The summed E-state index contributed by atoms with van der Waals surface area (Å²) in [6.07, 6.45) is 4.63. The van der Waals surface area contributed by atoms with Crippen LogP contribution in [-0.2, 0) is 14.4 Å². The Bertz CT molecular complexity index is 279. The van der Waals surface area contributed by atoms with E-state index in [9.17, 15) is 14.4 Å². The van der Waals surface area contributed by atoms with Gasteiger partial charge in [-0.1, -0.05) is 0 Å². The summed E-state index contributed by atoms with van der Waals surface area (Å²) in [5, 5.41) is 0. The zero-order valence-corrected chi connectivity index (χ0v) is 8.57. The summed E-state index contributed by atoms with van der Waals surface area (Å²) in [5.41, 5.74) is 0. The third kappa shape index (κ3) is 3.64. The topological polar surface area (TPSA) is 66.8 Å². The Morgan fingerprint density at radius 2 is 1.80 bits per heavy atom. The lowest BCUT2D eigenvalue weighted by molar-refractivity contribution is -0.138. The second-order valence-electron chi connectivity index (χ2n) is 3.47. The molecule has 0 aromatic carbocycles. The molecule has 0 atom stereocenters. The first-order valence-electron chi connectivity index (χ1n) is 5.12.